The Balaban J connectivity index is 2.27. The molecule has 0 amide bonds. The van der Waals surface area contributed by atoms with Crippen molar-refractivity contribution in [3.63, 3.8) is 0 Å². The highest BCUT2D eigenvalue weighted by Gasteiger charge is 2.32. The maximum absolute atomic E-state index is 5.45. The lowest BCUT2D eigenvalue weighted by Crippen LogP contribution is -2.40. The Morgan fingerprint density at radius 2 is 1.92 bits per heavy atom. The first kappa shape index (κ1) is 8.57. The number of para-hydroxylation sites is 1. The first-order chi connectivity index (χ1) is 6.20. The van der Waals surface area contributed by atoms with E-state index in [4.69, 9.17) is 4.74 Å². The molecule has 2 heteroatoms. The van der Waals surface area contributed by atoms with E-state index >= 15 is 0 Å². The summed E-state index contributed by atoms with van der Waals surface area (Å²) in [6.45, 7) is 5.92. The van der Waals surface area contributed by atoms with Crippen molar-refractivity contribution in [2.75, 3.05) is 18.2 Å². The van der Waals surface area contributed by atoms with Crippen LogP contribution in [0.5, 0.6) is 0 Å². The maximum Gasteiger partial charge on any atom is 0.119 e. The van der Waals surface area contributed by atoms with Gasteiger partial charge < -0.3 is 9.64 Å². The van der Waals surface area contributed by atoms with E-state index in [-0.39, 0.29) is 5.54 Å². The molecule has 13 heavy (non-hydrogen) atoms. The molecule has 0 atom stereocenters. The van der Waals surface area contributed by atoms with Crippen LogP contribution in [0, 0.1) is 0 Å². The van der Waals surface area contributed by atoms with Crippen LogP contribution < -0.4 is 4.90 Å². The van der Waals surface area contributed by atoms with Crippen molar-refractivity contribution in [1.82, 2.24) is 0 Å². The van der Waals surface area contributed by atoms with Crippen LogP contribution >= 0.6 is 0 Å². The number of rotatable bonds is 1. The van der Waals surface area contributed by atoms with Crippen LogP contribution in [0.4, 0.5) is 5.69 Å². The normalized spacial score (nSPS) is 20.6. The molecule has 0 aromatic heterocycles. The summed E-state index contributed by atoms with van der Waals surface area (Å²) in [4.78, 5) is 2.28. The number of ether oxygens (including phenoxy) is 1. The largest absolute Gasteiger partial charge is 0.359 e. The quantitative estimate of drug-likeness (QED) is 0.652. The van der Waals surface area contributed by atoms with Gasteiger partial charge in [0.15, 0.2) is 0 Å². The third-order valence-electron chi connectivity index (χ3n) is 2.47. The highest BCUT2D eigenvalue weighted by Crippen LogP contribution is 2.27. The van der Waals surface area contributed by atoms with Crippen molar-refractivity contribution in [2.24, 2.45) is 0 Å². The summed E-state index contributed by atoms with van der Waals surface area (Å²) in [6, 6.07) is 10.4. The monoisotopic (exact) mass is 177 g/mol. The molecule has 1 aliphatic rings. The van der Waals surface area contributed by atoms with Gasteiger partial charge >= 0.3 is 0 Å². The SMILES string of the molecule is CC1(C)COCN1c1ccccc1. The lowest BCUT2D eigenvalue weighted by atomic mass is 10.1. The molecule has 1 saturated heterocycles. The molecule has 2 nitrogen and oxygen atoms in total. The van der Waals surface area contributed by atoms with Gasteiger partial charge in [-0.15, -0.1) is 0 Å². The minimum atomic E-state index is 0.126. The summed E-state index contributed by atoms with van der Waals surface area (Å²) in [7, 11) is 0. The summed E-state index contributed by atoms with van der Waals surface area (Å²) in [5, 5.41) is 0. The number of hydrogen-bond donors (Lipinski definition) is 0. The molecule has 1 heterocycles. The predicted molar refractivity (Wildman–Crippen MR) is 53.8 cm³/mol. The summed E-state index contributed by atoms with van der Waals surface area (Å²) in [5.74, 6) is 0. The fourth-order valence-electron chi connectivity index (χ4n) is 1.67. The van der Waals surface area contributed by atoms with Crippen LogP contribution in [0.1, 0.15) is 13.8 Å². The van der Waals surface area contributed by atoms with Gasteiger partial charge in [-0.2, -0.15) is 0 Å². The van der Waals surface area contributed by atoms with Crippen LogP contribution in [0.15, 0.2) is 30.3 Å². The Morgan fingerprint density at radius 3 is 2.46 bits per heavy atom. The number of nitrogens with zero attached hydrogens (tertiary/aromatic N) is 1. The zero-order chi connectivity index (χ0) is 9.31. The Hall–Kier alpha value is -1.02. The Kier molecular flexibility index (Phi) is 2.00. The van der Waals surface area contributed by atoms with E-state index in [0.717, 1.165) is 6.61 Å². The summed E-state index contributed by atoms with van der Waals surface area (Å²) in [6.07, 6.45) is 0. The van der Waals surface area contributed by atoms with Crippen molar-refractivity contribution in [3.05, 3.63) is 30.3 Å². The van der Waals surface area contributed by atoms with E-state index in [1.807, 2.05) is 6.07 Å². The van der Waals surface area contributed by atoms with Crippen LogP contribution in [0.25, 0.3) is 0 Å². The molecular weight excluding hydrogens is 162 g/mol. The molecule has 0 saturated carbocycles. The van der Waals surface area contributed by atoms with Gasteiger partial charge in [0.2, 0.25) is 0 Å². The lowest BCUT2D eigenvalue weighted by molar-refractivity contribution is 0.184. The molecule has 0 radical (unpaired) electrons. The standard InChI is InChI=1S/C11H15NO/c1-11(2)8-13-9-12(11)10-6-4-3-5-7-10/h3-7H,8-9H2,1-2H3. The molecule has 70 valence electrons. The molecular formula is C11H15NO. The first-order valence-electron chi connectivity index (χ1n) is 4.61. The molecule has 2 rings (SSSR count). The van der Waals surface area contributed by atoms with Crippen molar-refractivity contribution in [2.45, 2.75) is 19.4 Å². The smallest absolute Gasteiger partial charge is 0.119 e. The third-order valence-corrected chi connectivity index (χ3v) is 2.47. The van der Waals surface area contributed by atoms with E-state index < -0.39 is 0 Å². The Morgan fingerprint density at radius 1 is 1.23 bits per heavy atom. The molecule has 1 fully saturated rings. The minimum Gasteiger partial charge on any atom is -0.359 e. The average molecular weight is 177 g/mol. The van der Waals surface area contributed by atoms with Crippen molar-refractivity contribution < 1.29 is 4.74 Å². The zero-order valence-corrected chi connectivity index (χ0v) is 8.16. The molecule has 1 aliphatic heterocycles. The van der Waals surface area contributed by atoms with Gasteiger partial charge in [-0.3, -0.25) is 0 Å². The van der Waals surface area contributed by atoms with E-state index in [2.05, 4.69) is 43.0 Å². The fourth-order valence-corrected chi connectivity index (χ4v) is 1.67. The second kappa shape index (κ2) is 3.04. The average Bonchev–Trinajstić information content (AvgIpc) is 2.47. The molecule has 0 aliphatic carbocycles. The van der Waals surface area contributed by atoms with E-state index in [9.17, 15) is 0 Å². The molecule has 1 aromatic carbocycles. The van der Waals surface area contributed by atoms with Gasteiger partial charge in [-0.25, -0.2) is 0 Å². The predicted octanol–water partition coefficient (Wildman–Crippen LogP) is 2.26. The van der Waals surface area contributed by atoms with Crippen LogP contribution in [-0.4, -0.2) is 18.9 Å². The molecule has 0 spiro atoms. The molecule has 1 aromatic rings. The van der Waals surface area contributed by atoms with Crippen LogP contribution in [0.3, 0.4) is 0 Å². The summed E-state index contributed by atoms with van der Waals surface area (Å²) in [5.41, 5.74) is 1.37. The highest BCUT2D eigenvalue weighted by molar-refractivity contribution is 5.48. The van der Waals surface area contributed by atoms with Gasteiger partial charge in [-0.05, 0) is 26.0 Å². The number of anilines is 1. The maximum atomic E-state index is 5.45. The van der Waals surface area contributed by atoms with Crippen LogP contribution in [-0.2, 0) is 4.74 Å². The van der Waals surface area contributed by atoms with E-state index in [1.54, 1.807) is 0 Å². The van der Waals surface area contributed by atoms with Crippen molar-refractivity contribution in [3.8, 4) is 0 Å². The topological polar surface area (TPSA) is 12.5 Å². The van der Waals surface area contributed by atoms with E-state index in [1.165, 1.54) is 5.69 Å². The molecule has 0 N–H and O–H groups in total. The second-order valence-corrected chi connectivity index (χ2v) is 4.05. The van der Waals surface area contributed by atoms with Gasteiger partial charge in [0, 0.05) is 5.69 Å². The summed E-state index contributed by atoms with van der Waals surface area (Å²) >= 11 is 0. The second-order valence-electron chi connectivity index (χ2n) is 4.05. The molecule has 0 unspecified atom stereocenters. The Labute approximate surface area is 79.1 Å². The minimum absolute atomic E-state index is 0.126. The van der Waals surface area contributed by atoms with Gasteiger partial charge in [0.05, 0.1) is 12.1 Å². The Bertz CT molecular complexity index is 281. The van der Waals surface area contributed by atoms with E-state index in [0.29, 0.717) is 6.73 Å². The fraction of sp³-hybridized carbons (Fsp3) is 0.455. The van der Waals surface area contributed by atoms with Crippen LogP contribution in [0.2, 0.25) is 0 Å². The highest BCUT2D eigenvalue weighted by atomic mass is 16.5. The molecule has 0 bridgehead atoms. The first-order valence-corrected chi connectivity index (χ1v) is 4.61. The zero-order valence-electron chi connectivity index (χ0n) is 8.16. The number of hydrogen-bond acceptors (Lipinski definition) is 2. The van der Waals surface area contributed by atoms with Gasteiger partial charge in [-0.1, -0.05) is 18.2 Å². The van der Waals surface area contributed by atoms with Crippen molar-refractivity contribution >= 4 is 5.69 Å². The van der Waals surface area contributed by atoms with Gasteiger partial charge in [0.25, 0.3) is 0 Å². The lowest BCUT2D eigenvalue weighted by Gasteiger charge is -2.31. The van der Waals surface area contributed by atoms with Gasteiger partial charge in [0.1, 0.15) is 6.73 Å². The van der Waals surface area contributed by atoms with Crippen molar-refractivity contribution in [1.29, 1.82) is 0 Å². The summed E-state index contributed by atoms with van der Waals surface area (Å²) < 4.78 is 5.45. The third kappa shape index (κ3) is 1.54. The number of benzene rings is 1.